The zero-order chi connectivity index (χ0) is 27.7. The Balaban J connectivity index is 1.65. The third kappa shape index (κ3) is 3.45. The summed E-state index contributed by atoms with van der Waals surface area (Å²) < 4.78 is 15.8. The Hall–Kier alpha value is -3.28. The molecule has 10 nitrogen and oxygen atoms in total. The molecule has 1 aromatic rings. The minimum atomic E-state index is -2.72. The maximum atomic E-state index is 15.8. The molecule has 3 aliphatic carbocycles. The smallest absolute Gasteiger partial charge is 0.255 e. The molecule has 1 amide bonds. The predicted molar refractivity (Wildman–Crippen MR) is 133 cm³/mol. The highest BCUT2D eigenvalue weighted by Gasteiger charge is 2.63. The molecule has 4 aliphatic rings. The van der Waals surface area contributed by atoms with Gasteiger partial charge in [0.2, 0.25) is 5.78 Å². The third-order valence-electron chi connectivity index (χ3n) is 8.53. The van der Waals surface area contributed by atoms with Gasteiger partial charge >= 0.3 is 0 Å². The van der Waals surface area contributed by atoms with Gasteiger partial charge in [-0.3, -0.25) is 19.3 Å². The van der Waals surface area contributed by atoms with Gasteiger partial charge in [-0.2, -0.15) is 0 Å². The summed E-state index contributed by atoms with van der Waals surface area (Å²) in [6.07, 6.45) is 1.70. The fraction of sp³-hybridized carbons (Fsp3) is 0.519. The van der Waals surface area contributed by atoms with Crippen LogP contribution in [-0.2, 0) is 29.1 Å². The molecule has 11 heteroatoms. The number of ketones is 2. The molecule has 0 unspecified atom stereocenters. The number of likely N-dealkylation sites (N-methyl/N-ethyl adjacent to an activating group) is 1. The molecular formula is C27H32FN3O7. The standard InChI is InChI=1S/C27H32FN3O7/c1-3-5-6-31-9-13-14(10-31)21(32)17-12(19(13)28)7-11-8-15-20(30-4-2)23(34)18(26(29)37)25(36)27(15,38)24(35)16(11)22(17)33/h11,15,20,30,32,34-35,38H,3-10H2,1-2H3,(H2,29,37)/t11-,15-,20-,27-/m0/s1. The second kappa shape index (κ2) is 9.18. The normalized spacial score (nSPS) is 28.8. The summed E-state index contributed by atoms with van der Waals surface area (Å²) in [5.41, 5.74) is 1.87. The lowest BCUT2D eigenvalue weighted by molar-refractivity contribution is -0.146. The van der Waals surface area contributed by atoms with Crippen LogP contribution in [0.15, 0.2) is 22.7 Å². The molecule has 0 radical (unpaired) electrons. The number of carbonyl (C=O) groups is 3. The first-order valence-electron chi connectivity index (χ1n) is 13.0. The van der Waals surface area contributed by atoms with Crippen molar-refractivity contribution >= 4 is 17.5 Å². The van der Waals surface area contributed by atoms with Crippen LogP contribution in [0, 0.1) is 17.7 Å². The van der Waals surface area contributed by atoms with Gasteiger partial charge in [-0.05, 0) is 38.3 Å². The molecule has 1 aliphatic heterocycles. The molecule has 4 atom stereocenters. The fourth-order valence-electron chi connectivity index (χ4n) is 6.71. The zero-order valence-electron chi connectivity index (χ0n) is 21.3. The number of hydrogen-bond donors (Lipinski definition) is 6. The van der Waals surface area contributed by atoms with Gasteiger partial charge in [0.1, 0.15) is 28.7 Å². The Labute approximate surface area is 218 Å². The first kappa shape index (κ1) is 26.3. The highest BCUT2D eigenvalue weighted by Crippen LogP contribution is 2.52. The molecule has 5 rings (SSSR count). The highest BCUT2D eigenvalue weighted by atomic mass is 19.1. The van der Waals surface area contributed by atoms with Crippen molar-refractivity contribution in [3.05, 3.63) is 50.7 Å². The lowest BCUT2D eigenvalue weighted by atomic mass is 9.58. The molecule has 0 spiro atoms. The number of phenols is 1. The predicted octanol–water partition coefficient (Wildman–Crippen LogP) is 1.42. The van der Waals surface area contributed by atoms with Crippen LogP contribution in [0.2, 0.25) is 0 Å². The van der Waals surface area contributed by atoms with Crippen LogP contribution in [0.5, 0.6) is 5.75 Å². The van der Waals surface area contributed by atoms with Gasteiger partial charge in [0, 0.05) is 41.3 Å². The van der Waals surface area contributed by atoms with Crippen molar-refractivity contribution in [3.8, 4) is 5.75 Å². The van der Waals surface area contributed by atoms with Gasteiger partial charge in [-0.1, -0.05) is 20.3 Å². The van der Waals surface area contributed by atoms with E-state index in [1.54, 1.807) is 6.92 Å². The van der Waals surface area contributed by atoms with Crippen LogP contribution in [0.3, 0.4) is 0 Å². The number of phenolic OH excluding ortho intramolecular Hbond substituents is 1. The number of halogens is 1. The lowest BCUT2D eigenvalue weighted by Crippen LogP contribution is -2.64. The number of nitrogens with one attached hydrogen (secondary N) is 1. The number of unbranched alkanes of at least 4 members (excludes halogenated alkanes) is 1. The average Bonchev–Trinajstić information content (AvgIpc) is 3.30. The summed E-state index contributed by atoms with van der Waals surface area (Å²) in [4.78, 5) is 41.1. The average molecular weight is 530 g/mol. The summed E-state index contributed by atoms with van der Waals surface area (Å²) in [5, 5.41) is 47.7. The van der Waals surface area contributed by atoms with Crippen molar-refractivity contribution in [2.75, 3.05) is 13.1 Å². The number of rotatable bonds is 6. The van der Waals surface area contributed by atoms with Gasteiger partial charge in [-0.15, -0.1) is 0 Å². The Morgan fingerprint density at radius 3 is 2.47 bits per heavy atom. The van der Waals surface area contributed by atoms with E-state index in [4.69, 9.17) is 5.73 Å². The highest BCUT2D eigenvalue weighted by molar-refractivity contribution is 6.24. The Bertz CT molecular complexity index is 1340. The van der Waals surface area contributed by atoms with Gasteiger partial charge in [0.25, 0.3) is 5.91 Å². The van der Waals surface area contributed by atoms with Gasteiger partial charge in [-0.25, -0.2) is 4.39 Å². The van der Waals surface area contributed by atoms with Crippen LogP contribution in [-0.4, -0.2) is 67.5 Å². The molecule has 0 saturated heterocycles. The van der Waals surface area contributed by atoms with Crippen molar-refractivity contribution in [1.82, 2.24) is 10.2 Å². The number of carbonyl (C=O) groups excluding carboxylic acids is 3. The Morgan fingerprint density at radius 1 is 1.16 bits per heavy atom. The van der Waals surface area contributed by atoms with E-state index in [9.17, 15) is 34.8 Å². The number of primary amides is 1. The van der Waals surface area contributed by atoms with Crippen molar-refractivity contribution < 1.29 is 39.2 Å². The number of amides is 1. The van der Waals surface area contributed by atoms with Crippen molar-refractivity contribution in [2.45, 2.75) is 64.3 Å². The zero-order valence-corrected chi connectivity index (χ0v) is 21.3. The minimum absolute atomic E-state index is 0.0373. The van der Waals surface area contributed by atoms with E-state index in [0.29, 0.717) is 24.2 Å². The van der Waals surface area contributed by atoms with Crippen LogP contribution in [0.4, 0.5) is 4.39 Å². The summed E-state index contributed by atoms with van der Waals surface area (Å²) in [6.45, 7) is 5.31. The molecule has 1 aromatic carbocycles. The molecule has 1 heterocycles. The van der Waals surface area contributed by atoms with E-state index in [-0.39, 0.29) is 48.4 Å². The number of aliphatic hydroxyl groups excluding tert-OH is 2. The number of hydrogen-bond acceptors (Lipinski definition) is 9. The van der Waals surface area contributed by atoms with Gasteiger partial charge < -0.3 is 31.5 Å². The maximum absolute atomic E-state index is 15.8. The van der Waals surface area contributed by atoms with Crippen LogP contribution in [0.1, 0.15) is 60.2 Å². The number of nitrogens with two attached hydrogens (primary N) is 1. The Morgan fingerprint density at radius 2 is 1.84 bits per heavy atom. The quantitative estimate of drug-likeness (QED) is 0.298. The van der Waals surface area contributed by atoms with E-state index in [1.807, 2.05) is 11.8 Å². The van der Waals surface area contributed by atoms with Crippen LogP contribution in [0.25, 0.3) is 0 Å². The lowest BCUT2D eigenvalue weighted by Gasteiger charge is -2.48. The van der Waals surface area contributed by atoms with E-state index < -0.39 is 63.9 Å². The van der Waals surface area contributed by atoms with Crippen LogP contribution >= 0.6 is 0 Å². The molecule has 0 fully saturated rings. The van der Waals surface area contributed by atoms with Gasteiger partial charge in [0.05, 0.1) is 11.6 Å². The third-order valence-corrected chi connectivity index (χ3v) is 8.53. The number of allylic oxidation sites excluding steroid dienone is 1. The van der Waals surface area contributed by atoms with Crippen molar-refractivity contribution in [3.63, 3.8) is 0 Å². The monoisotopic (exact) mass is 529 g/mol. The van der Waals surface area contributed by atoms with E-state index >= 15 is 4.39 Å². The number of fused-ring (bicyclic) bond motifs is 4. The van der Waals surface area contributed by atoms with Crippen molar-refractivity contribution in [1.29, 1.82) is 0 Å². The van der Waals surface area contributed by atoms with Gasteiger partial charge in [0.15, 0.2) is 11.4 Å². The van der Waals surface area contributed by atoms with Crippen LogP contribution < -0.4 is 11.1 Å². The first-order valence-corrected chi connectivity index (χ1v) is 13.0. The summed E-state index contributed by atoms with van der Waals surface area (Å²) in [6, 6.07) is -1.13. The number of aliphatic hydroxyl groups is 3. The number of aromatic hydroxyl groups is 1. The molecule has 7 N–H and O–H groups in total. The molecule has 0 saturated carbocycles. The molecule has 204 valence electrons. The second-order valence-electron chi connectivity index (χ2n) is 10.6. The first-order chi connectivity index (χ1) is 18.0. The Kier molecular flexibility index (Phi) is 6.36. The number of benzene rings is 1. The van der Waals surface area contributed by atoms with E-state index in [1.165, 1.54) is 0 Å². The molecule has 0 bridgehead atoms. The van der Waals surface area contributed by atoms with E-state index in [2.05, 4.69) is 5.32 Å². The summed E-state index contributed by atoms with van der Waals surface area (Å²) in [5.74, 6) is -7.97. The minimum Gasteiger partial charge on any atom is -0.510 e. The van der Waals surface area contributed by atoms with Crippen molar-refractivity contribution in [2.24, 2.45) is 17.6 Å². The fourth-order valence-corrected chi connectivity index (χ4v) is 6.71. The largest absolute Gasteiger partial charge is 0.510 e. The number of nitrogens with zero attached hydrogens (tertiary/aromatic N) is 1. The molecule has 38 heavy (non-hydrogen) atoms. The SMILES string of the molecule is CCCCN1Cc2c(O)c3c(c(F)c2C1)C[C@H]1C[C@H]2[C@H](NCC)C(O)=C(C(N)=O)C(=O)[C@@]2(O)C(O)=C1C3=O. The second-order valence-corrected chi connectivity index (χ2v) is 10.6. The molecular weight excluding hydrogens is 497 g/mol. The maximum Gasteiger partial charge on any atom is 0.255 e. The number of Topliss-reactive ketones (excluding diaryl/α,β-unsaturated/α-hetero) is 2. The molecule has 0 aromatic heterocycles. The van der Waals surface area contributed by atoms with E-state index in [0.717, 1.165) is 12.8 Å². The topological polar surface area (TPSA) is 173 Å². The summed E-state index contributed by atoms with van der Waals surface area (Å²) >= 11 is 0. The summed E-state index contributed by atoms with van der Waals surface area (Å²) in [7, 11) is 0.